The summed E-state index contributed by atoms with van der Waals surface area (Å²) in [6.07, 6.45) is 6.86. The Hall–Kier alpha value is -2.16. The smallest absolute Gasteiger partial charge is 0.123 e. The number of nitrogens with zero attached hydrogens (tertiary/aromatic N) is 1. The van der Waals surface area contributed by atoms with Crippen LogP contribution in [-0.2, 0) is 6.61 Å². The predicted octanol–water partition coefficient (Wildman–Crippen LogP) is 5.40. The molecule has 0 aliphatic carbocycles. The van der Waals surface area contributed by atoms with Gasteiger partial charge < -0.3 is 4.74 Å². The maximum atomic E-state index is 12.8. The van der Waals surface area contributed by atoms with Crippen LogP contribution in [-0.4, -0.2) is 12.8 Å². The number of aliphatic imine (C=N–C) groups is 1. The van der Waals surface area contributed by atoms with Gasteiger partial charge in [-0.05, 0) is 53.9 Å². The molecule has 23 heavy (non-hydrogen) atoms. The van der Waals surface area contributed by atoms with Gasteiger partial charge in [-0.25, -0.2) is 4.39 Å². The van der Waals surface area contributed by atoms with Gasteiger partial charge >= 0.3 is 0 Å². The van der Waals surface area contributed by atoms with Crippen molar-refractivity contribution in [3.63, 3.8) is 0 Å². The zero-order valence-corrected chi connectivity index (χ0v) is 13.7. The lowest BCUT2D eigenvalue weighted by molar-refractivity contribution is 0.306. The Morgan fingerprint density at radius 1 is 0.957 bits per heavy atom. The first-order valence-corrected chi connectivity index (χ1v) is 8.25. The van der Waals surface area contributed by atoms with Gasteiger partial charge in [0.25, 0.3) is 0 Å². The van der Waals surface area contributed by atoms with E-state index >= 15 is 0 Å². The van der Waals surface area contributed by atoms with Crippen molar-refractivity contribution in [3.05, 3.63) is 65.5 Å². The van der Waals surface area contributed by atoms with Crippen molar-refractivity contribution in [1.29, 1.82) is 0 Å². The fourth-order valence-electron chi connectivity index (χ4n) is 2.20. The molecule has 0 spiro atoms. The molecule has 0 saturated heterocycles. The first-order valence-electron chi connectivity index (χ1n) is 8.25. The zero-order valence-electron chi connectivity index (χ0n) is 13.7. The molecule has 0 atom stereocenters. The number of unbranched alkanes of at least 4 members (excludes halogenated alkanes) is 3. The van der Waals surface area contributed by atoms with Crippen molar-refractivity contribution >= 4 is 6.21 Å². The van der Waals surface area contributed by atoms with E-state index in [1.54, 1.807) is 12.1 Å². The minimum Gasteiger partial charge on any atom is -0.489 e. The van der Waals surface area contributed by atoms with Crippen molar-refractivity contribution in [2.75, 3.05) is 6.54 Å². The second-order valence-electron chi connectivity index (χ2n) is 5.58. The Balaban J connectivity index is 1.75. The molecular weight excluding hydrogens is 289 g/mol. The lowest BCUT2D eigenvalue weighted by Gasteiger charge is -2.06. The molecule has 0 unspecified atom stereocenters. The molecule has 0 saturated carbocycles. The van der Waals surface area contributed by atoms with Gasteiger partial charge in [0, 0.05) is 12.8 Å². The zero-order chi connectivity index (χ0) is 16.3. The Morgan fingerprint density at radius 3 is 2.39 bits per heavy atom. The molecule has 2 aromatic carbocycles. The SMILES string of the molecule is CCCCCC/N=C/c1ccc(OCc2ccc(F)cc2)cc1. The average molecular weight is 313 g/mol. The summed E-state index contributed by atoms with van der Waals surface area (Å²) >= 11 is 0. The van der Waals surface area contributed by atoms with E-state index in [9.17, 15) is 4.39 Å². The van der Waals surface area contributed by atoms with Crippen molar-refractivity contribution in [2.24, 2.45) is 4.99 Å². The van der Waals surface area contributed by atoms with Gasteiger partial charge in [0.1, 0.15) is 18.2 Å². The molecule has 0 aliphatic rings. The van der Waals surface area contributed by atoms with Gasteiger partial charge in [-0.1, -0.05) is 38.3 Å². The Morgan fingerprint density at radius 2 is 1.70 bits per heavy atom. The van der Waals surface area contributed by atoms with Crippen LogP contribution < -0.4 is 4.74 Å². The third-order valence-electron chi connectivity index (χ3n) is 3.58. The third-order valence-corrected chi connectivity index (χ3v) is 3.58. The molecule has 0 amide bonds. The quantitative estimate of drug-likeness (QED) is 0.448. The fourth-order valence-corrected chi connectivity index (χ4v) is 2.20. The topological polar surface area (TPSA) is 21.6 Å². The Bertz CT molecular complexity index is 590. The summed E-state index contributed by atoms with van der Waals surface area (Å²) in [4.78, 5) is 4.44. The maximum absolute atomic E-state index is 12.8. The summed E-state index contributed by atoms with van der Waals surface area (Å²) in [5, 5.41) is 0. The maximum Gasteiger partial charge on any atom is 0.123 e. The summed E-state index contributed by atoms with van der Waals surface area (Å²) in [7, 11) is 0. The summed E-state index contributed by atoms with van der Waals surface area (Å²) in [5.74, 6) is 0.571. The second-order valence-corrected chi connectivity index (χ2v) is 5.58. The second kappa shape index (κ2) is 9.78. The van der Waals surface area contributed by atoms with Crippen LogP contribution in [0.1, 0.15) is 43.7 Å². The highest BCUT2D eigenvalue weighted by Crippen LogP contribution is 2.14. The molecule has 0 radical (unpaired) electrons. The van der Waals surface area contributed by atoms with E-state index in [1.807, 2.05) is 30.5 Å². The number of rotatable bonds is 9. The largest absolute Gasteiger partial charge is 0.489 e. The van der Waals surface area contributed by atoms with Crippen molar-refractivity contribution in [3.8, 4) is 5.75 Å². The minimum atomic E-state index is -0.230. The summed E-state index contributed by atoms with van der Waals surface area (Å²) in [5.41, 5.74) is 2.03. The molecule has 3 heteroatoms. The standard InChI is InChI=1S/C20H24FNO/c1-2-3-4-5-14-22-15-17-8-12-20(13-9-17)23-16-18-6-10-19(21)11-7-18/h6-13,15H,2-5,14,16H2,1H3/b22-15+. The Kier molecular flexibility index (Phi) is 7.31. The van der Waals surface area contributed by atoms with Crippen LogP contribution in [0.4, 0.5) is 4.39 Å². The van der Waals surface area contributed by atoms with E-state index in [0.29, 0.717) is 6.61 Å². The van der Waals surface area contributed by atoms with Crippen molar-refractivity contribution in [2.45, 2.75) is 39.2 Å². The average Bonchev–Trinajstić information content (AvgIpc) is 2.58. The fraction of sp³-hybridized carbons (Fsp3) is 0.350. The van der Waals surface area contributed by atoms with Gasteiger partial charge in [0.15, 0.2) is 0 Å². The van der Waals surface area contributed by atoms with E-state index in [2.05, 4.69) is 11.9 Å². The monoisotopic (exact) mass is 313 g/mol. The highest BCUT2D eigenvalue weighted by Gasteiger charge is 1.97. The summed E-state index contributed by atoms with van der Waals surface area (Å²) in [6, 6.07) is 14.2. The van der Waals surface area contributed by atoms with Gasteiger partial charge in [-0.2, -0.15) is 0 Å². The molecule has 0 bridgehead atoms. The molecule has 122 valence electrons. The first-order chi connectivity index (χ1) is 11.3. The van der Waals surface area contributed by atoms with Gasteiger partial charge in [0.05, 0.1) is 0 Å². The molecule has 2 aromatic rings. The van der Waals surface area contributed by atoms with Crippen LogP contribution in [0.15, 0.2) is 53.5 Å². The number of hydrogen-bond donors (Lipinski definition) is 0. The van der Waals surface area contributed by atoms with E-state index in [0.717, 1.165) is 29.8 Å². The lowest BCUT2D eigenvalue weighted by Crippen LogP contribution is -1.95. The van der Waals surface area contributed by atoms with Gasteiger partial charge in [-0.3, -0.25) is 4.99 Å². The predicted molar refractivity (Wildman–Crippen MR) is 93.8 cm³/mol. The highest BCUT2D eigenvalue weighted by molar-refractivity contribution is 5.79. The first kappa shape index (κ1) is 17.2. The van der Waals surface area contributed by atoms with Gasteiger partial charge in [-0.15, -0.1) is 0 Å². The van der Waals surface area contributed by atoms with Gasteiger partial charge in [0.2, 0.25) is 0 Å². The molecule has 0 aromatic heterocycles. The molecule has 0 aliphatic heterocycles. The van der Waals surface area contributed by atoms with E-state index in [-0.39, 0.29) is 5.82 Å². The van der Waals surface area contributed by atoms with Crippen LogP contribution in [0.25, 0.3) is 0 Å². The van der Waals surface area contributed by atoms with E-state index in [1.165, 1.54) is 31.4 Å². The molecule has 0 N–H and O–H groups in total. The Labute approximate surface area is 138 Å². The number of halogens is 1. The number of benzene rings is 2. The normalized spacial score (nSPS) is 11.0. The van der Waals surface area contributed by atoms with Crippen LogP contribution in [0, 0.1) is 5.82 Å². The molecular formula is C20H24FNO. The van der Waals surface area contributed by atoms with E-state index < -0.39 is 0 Å². The van der Waals surface area contributed by atoms with Crippen LogP contribution >= 0.6 is 0 Å². The van der Waals surface area contributed by atoms with E-state index in [4.69, 9.17) is 4.74 Å². The summed E-state index contributed by atoms with van der Waals surface area (Å²) < 4.78 is 18.5. The molecule has 2 rings (SSSR count). The minimum absolute atomic E-state index is 0.230. The lowest BCUT2D eigenvalue weighted by atomic mass is 10.2. The number of ether oxygens (including phenoxy) is 1. The highest BCUT2D eigenvalue weighted by atomic mass is 19.1. The molecule has 2 nitrogen and oxygen atoms in total. The summed E-state index contributed by atoms with van der Waals surface area (Å²) in [6.45, 7) is 3.54. The van der Waals surface area contributed by atoms with Crippen LogP contribution in [0.3, 0.4) is 0 Å². The molecule has 0 fully saturated rings. The molecule has 0 heterocycles. The van der Waals surface area contributed by atoms with Crippen molar-refractivity contribution in [1.82, 2.24) is 0 Å². The number of hydrogen-bond acceptors (Lipinski definition) is 2. The van der Waals surface area contributed by atoms with Crippen molar-refractivity contribution < 1.29 is 9.13 Å². The van der Waals surface area contributed by atoms with Crippen LogP contribution in [0.2, 0.25) is 0 Å². The third kappa shape index (κ3) is 6.64. The van der Waals surface area contributed by atoms with Crippen LogP contribution in [0.5, 0.6) is 5.75 Å².